The molecule has 1 aliphatic heterocycles. The number of nitrogens with zero attached hydrogens (tertiary/aromatic N) is 1. The topological polar surface area (TPSA) is 12.5 Å². The van der Waals surface area contributed by atoms with Crippen molar-refractivity contribution >= 4 is 0 Å². The SMILES string of the molecule is C=COc1cccc(C2(C)CCN(CCCCCC)CC2C)c1. The molecule has 0 saturated carbocycles. The lowest BCUT2D eigenvalue weighted by Crippen LogP contribution is -2.47. The van der Waals surface area contributed by atoms with E-state index in [9.17, 15) is 0 Å². The van der Waals surface area contributed by atoms with E-state index in [1.165, 1.54) is 63.6 Å². The van der Waals surface area contributed by atoms with Crippen molar-refractivity contribution in [2.24, 2.45) is 5.92 Å². The van der Waals surface area contributed by atoms with E-state index in [0.29, 0.717) is 5.92 Å². The van der Waals surface area contributed by atoms with Crippen molar-refractivity contribution in [1.82, 2.24) is 4.90 Å². The molecule has 1 aromatic rings. The molecule has 2 atom stereocenters. The fourth-order valence-corrected chi connectivity index (χ4v) is 3.73. The highest BCUT2D eigenvalue weighted by Crippen LogP contribution is 2.40. The Hall–Kier alpha value is -1.28. The van der Waals surface area contributed by atoms with Crippen LogP contribution in [0.4, 0.5) is 0 Å². The van der Waals surface area contributed by atoms with E-state index in [2.05, 4.69) is 50.4 Å². The summed E-state index contributed by atoms with van der Waals surface area (Å²) in [5.74, 6) is 1.55. The first kappa shape index (κ1) is 18.1. The Morgan fingerprint density at radius 2 is 2.17 bits per heavy atom. The molecule has 0 amide bonds. The first-order valence-corrected chi connectivity index (χ1v) is 9.20. The van der Waals surface area contributed by atoms with E-state index in [0.717, 1.165) is 5.75 Å². The molecular formula is C21H33NO. The minimum atomic E-state index is 0.237. The Bertz CT molecular complexity index is 498. The Morgan fingerprint density at radius 1 is 1.35 bits per heavy atom. The zero-order chi connectivity index (χ0) is 16.7. The molecule has 0 bridgehead atoms. The zero-order valence-corrected chi connectivity index (χ0v) is 15.2. The van der Waals surface area contributed by atoms with Gasteiger partial charge in [0.2, 0.25) is 0 Å². The van der Waals surface area contributed by atoms with Crippen molar-refractivity contribution in [3.8, 4) is 5.75 Å². The summed E-state index contributed by atoms with van der Waals surface area (Å²) in [4.78, 5) is 2.66. The Balaban J connectivity index is 1.98. The lowest BCUT2D eigenvalue weighted by atomic mass is 9.68. The van der Waals surface area contributed by atoms with Crippen LogP contribution in [0.25, 0.3) is 0 Å². The third-order valence-electron chi connectivity index (χ3n) is 5.61. The van der Waals surface area contributed by atoms with E-state index >= 15 is 0 Å². The monoisotopic (exact) mass is 315 g/mol. The van der Waals surface area contributed by atoms with E-state index in [-0.39, 0.29) is 5.41 Å². The molecule has 0 aliphatic carbocycles. The Labute approximate surface area is 142 Å². The van der Waals surface area contributed by atoms with Crippen molar-refractivity contribution in [3.05, 3.63) is 42.7 Å². The molecule has 0 aromatic heterocycles. The number of benzene rings is 1. The van der Waals surface area contributed by atoms with Crippen LogP contribution in [0.2, 0.25) is 0 Å². The van der Waals surface area contributed by atoms with E-state index < -0.39 is 0 Å². The summed E-state index contributed by atoms with van der Waals surface area (Å²) in [6.45, 7) is 14.4. The van der Waals surface area contributed by atoms with Gasteiger partial charge in [0, 0.05) is 6.54 Å². The molecule has 128 valence electrons. The average molecular weight is 316 g/mol. The van der Waals surface area contributed by atoms with Crippen LogP contribution in [0.1, 0.15) is 58.4 Å². The second-order valence-corrected chi connectivity index (χ2v) is 7.24. The molecule has 1 fully saturated rings. The van der Waals surface area contributed by atoms with Gasteiger partial charge in [-0.2, -0.15) is 0 Å². The lowest BCUT2D eigenvalue weighted by Gasteiger charge is -2.45. The van der Waals surface area contributed by atoms with Crippen molar-refractivity contribution in [2.75, 3.05) is 19.6 Å². The fraction of sp³-hybridized carbons (Fsp3) is 0.619. The third kappa shape index (κ3) is 4.60. The van der Waals surface area contributed by atoms with Crippen molar-refractivity contribution in [2.45, 2.75) is 58.3 Å². The summed E-state index contributed by atoms with van der Waals surface area (Å²) in [6.07, 6.45) is 8.14. The quantitative estimate of drug-likeness (QED) is 0.471. The predicted octanol–water partition coefficient (Wildman–Crippen LogP) is 5.39. The van der Waals surface area contributed by atoms with Gasteiger partial charge in [0.15, 0.2) is 0 Å². The van der Waals surface area contributed by atoms with Crippen LogP contribution in [0, 0.1) is 5.92 Å². The smallest absolute Gasteiger partial charge is 0.126 e. The molecule has 2 rings (SSSR count). The number of ether oxygens (including phenoxy) is 1. The second-order valence-electron chi connectivity index (χ2n) is 7.24. The van der Waals surface area contributed by atoms with Crippen LogP contribution < -0.4 is 4.74 Å². The van der Waals surface area contributed by atoms with Crippen LogP contribution in [0.15, 0.2) is 37.1 Å². The van der Waals surface area contributed by atoms with Crippen LogP contribution >= 0.6 is 0 Å². The van der Waals surface area contributed by atoms with Crippen LogP contribution in [-0.2, 0) is 5.41 Å². The fourth-order valence-electron chi connectivity index (χ4n) is 3.73. The summed E-state index contributed by atoms with van der Waals surface area (Å²) in [5.41, 5.74) is 1.63. The molecule has 23 heavy (non-hydrogen) atoms. The minimum absolute atomic E-state index is 0.237. The van der Waals surface area contributed by atoms with Gasteiger partial charge in [0.05, 0.1) is 6.26 Å². The maximum absolute atomic E-state index is 5.47. The molecule has 2 nitrogen and oxygen atoms in total. The van der Waals surface area contributed by atoms with Gasteiger partial charge in [-0.05, 0) is 55.0 Å². The largest absolute Gasteiger partial charge is 0.466 e. The number of hydrogen-bond donors (Lipinski definition) is 0. The second kappa shape index (κ2) is 8.54. The van der Waals surface area contributed by atoms with E-state index in [1.54, 1.807) is 0 Å². The molecular weight excluding hydrogens is 282 g/mol. The summed E-state index contributed by atoms with van der Waals surface area (Å²) in [7, 11) is 0. The Kier molecular flexibility index (Phi) is 6.71. The van der Waals surface area contributed by atoms with E-state index in [4.69, 9.17) is 4.74 Å². The summed E-state index contributed by atoms with van der Waals surface area (Å²) in [6, 6.07) is 8.55. The highest BCUT2D eigenvalue weighted by Gasteiger charge is 2.37. The van der Waals surface area contributed by atoms with Gasteiger partial charge in [-0.1, -0.05) is 58.7 Å². The molecule has 0 radical (unpaired) electrons. The third-order valence-corrected chi connectivity index (χ3v) is 5.61. The highest BCUT2D eigenvalue weighted by molar-refractivity contribution is 5.35. The zero-order valence-electron chi connectivity index (χ0n) is 15.2. The minimum Gasteiger partial charge on any atom is -0.466 e. The van der Waals surface area contributed by atoms with Gasteiger partial charge in [-0.15, -0.1) is 0 Å². The number of piperidine rings is 1. The average Bonchev–Trinajstić information content (AvgIpc) is 2.55. The van der Waals surface area contributed by atoms with Crippen molar-refractivity contribution in [3.63, 3.8) is 0 Å². The molecule has 2 unspecified atom stereocenters. The molecule has 0 spiro atoms. The maximum Gasteiger partial charge on any atom is 0.126 e. The number of likely N-dealkylation sites (tertiary alicyclic amines) is 1. The van der Waals surface area contributed by atoms with Gasteiger partial charge in [0.1, 0.15) is 5.75 Å². The molecule has 1 aromatic carbocycles. The van der Waals surface area contributed by atoms with Crippen LogP contribution in [-0.4, -0.2) is 24.5 Å². The number of unbranched alkanes of at least 4 members (excludes halogenated alkanes) is 3. The molecule has 1 heterocycles. The van der Waals surface area contributed by atoms with E-state index in [1.807, 2.05) is 6.07 Å². The standard InChI is InChI=1S/C21H33NO/c1-5-7-8-9-14-22-15-13-21(4,18(3)17-22)19-11-10-12-20(16-19)23-6-2/h6,10-12,16,18H,2,5,7-9,13-15,17H2,1,3-4H3. The molecule has 1 saturated heterocycles. The molecule has 1 aliphatic rings. The predicted molar refractivity (Wildman–Crippen MR) is 99.0 cm³/mol. The summed E-state index contributed by atoms with van der Waals surface area (Å²) < 4.78 is 5.47. The first-order valence-electron chi connectivity index (χ1n) is 9.20. The van der Waals surface area contributed by atoms with Gasteiger partial charge in [-0.3, -0.25) is 0 Å². The highest BCUT2D eigenvalue weighted by atomic mass is 16.5. The Morgan fingerprint density at radius 3 is 2.87 bits per heavy atom. The normalized spacial score (nSPS) is 25.3. The van der Waals surface area contributed by atoms with Crippen LogP contribution in [0.3, 0.4) is 0 Å². The summed E-state index contributed by atoms with van der Waals surface area (Å²) >= 11 is 0. The number of rotatable bonds is 8. The van der Waals surface area contributed by atoms with Gasteiger partial charge in [-0.25, -0.2) is 0 Å². The number of hydrogen-bond acceptors (Lipinski definition) is 2. The molecule has 2 heteroatoms. The van der Waals surface area contributed by atoms with Gasteiger partial charge in [0.25, 0.3) is 0 Å². The van der Waals surface area contributed by atoms with Crippen molar-refractivity contribution < 1.29 is 4.74 Å². The van der Waals surface area contributed by atoms with Gasteiger partial charge >= 0.3 is 0 Å². The van der Waals surface area contributed by atoms with Crippen molar-refractivity contribution in [1.29, 1.82) is 0 Å². The van der Waals surface area contributed by atoms with Crippen LogP contribution in [0.5, 0.6) is 5.75 Å². The molecule has 0 N–H and O–H groups in total. The maximum atomic E-state index is 5.47. The first-order chi connectivity index (χ1) is 11.1. The van der Waals surface area contributed by atoms with Gasteiger partial charge < -0.3 is 9.64 Å². The lowest BCUT2D eigenvalue weighted by molar-refractivity contribution is 0.109. The summed E-state index contributed by atoms with van der Waals surface area (Å²) in [5, 5.41) is 0.